The van der Waals surface area contributed by atoms with Gasteiger partial charge in [0.05, 0.1) is 17.3 Å². The Morgan fingerprint density at radius 3 is 2.26 bits per heavy atom. The summed E-state index contributed by atoms with van der Waals surface area (Å²) in [6, 6.07) is 14.4. The summed E-state index contributed by atoms with van der Waals surface area (Å²) in [4.78, 5) is 37.0. The number of benzene rings is 3. The van der Waals surface area contributed by atoms with Crippen LogP contribution in [0.1, 0.15) is 29.2 Å². The van der Waals surface area contributed by atoms with Gasteiger partial charge in [0.15, 0.2) is 18.1 Å². The lowest BCUT2D eigenvalue weighted by Gasteiger charge is -2.15. The van der Waals surface area contributed by atoms with Crippen LogP contribution in [0.3, 0.4) is 0 Å². The molecule has 0 saturated heterocycles. The molecule has 0 aromatic heterocycles. The number of anilines is 2. The van der Waals surface area contributed by atoms with Gasteiger partial charge in [-0.3, -0.25) is 14.4 Å². The first-order valence-electron chi connectivity index (χ1n) is 11.9. The van der Waals surface area contributed by atoms with Crippen molar-refractivity contribution in [2.45, 2.75) is 27.7 Å². The van der Waals surface area contributed by atoms with Crippen molar-refractivity contribution in [2.75, 3.05) is 23.8 Å². The van der Waals surface area contributed by atoms with Crippen LogP contribution in [0.2, 0.25) is 0 Å². The van der Waals surface area contributed by atoms with Gasteiger partial charge in [-0.2, -0.15) is 5.10 Å². The Hall–Kier alpha value is -3.70. The predicted molar refractivity (Wildman–Crippen MR) is 159 cm³/mol. The predicted octanol–water partition coefficient (Wildman–Crippen LogP) is 5.64. The number of hydrogen-bond acceptors (Lipinski definition) is 6. The van der Waals surface area contributed by atoms with E-state index >= 15 is 0 Å². The highest BCUT2D eigenvalue weighted by Gasteiger charge is 2.16. The van der Waals surface area contributed by atoms with Gasteiger partial charge < -0.3 is 20.1 Å². The molecule has 0 aliphatic carbocycles. The van der Waals surface area contributed by atoms with Crippen molar-refractivity contribution in [1.29, 1.82) is 0 Å². The van der Waals surface area contributed by atoms with Gasteiger partial charge in [-0.25, -0.2) is 5.43 Å². The zero-order valence-electron chi connectivity index (χ0n) is 21.9. The number of amides is 3. The van der Waals surface area contributed by atoms with Gasteiger partial charge >= 0.3 is 11.8 Å². The van der Waals surface area contributed by atoms with E-state index in [0.29, 0.717) is 39.5 Å². The molecule has 3 amide bonds. The van der Waals surface area contributed by atoms with E-state index in [2.05, 4.69) is 53.0 Å². The minimum atomic E-state index is -0.912. The maximum absolute atomic E-state index is 12.4. The second kappa shape index (κ2) is 13.9. The van der Waals surface area contributed by atoms with Crippen LogP contribution in [0.15, 0.2) is 62.6 Å². The van der Waals surface area contributed by atoms with Crippen molar-refractivity contribution < 1.29 is 23.9 Å². The maximum Gasteiger partial charge on any atom is 0.329 e. The average molecular weight is 660 g/mol. The van der Waals surface area contributed by atoms with Crippen molar-refractivity contribution in [3.63, 3.8) is 0 Å². The Labute approximate surface area is 243 Å². The zero-order chi connectivity index (χ0) is 28.5. The van der Waals surface area contributed by atoms with Gasteiger partial charge in [0, 0.05) is 15.8 Å². The van der Waals surface area contributed by atoms with Gasteiger partial charge in [0.25, 0.3) is 5.91 Å². The Morgan fingerprint density at radius 1 is 0.872 bits per heavy atom. The van der Waals surface area contributed by atoms with Crippen LogP contribution in [-0.2, 0) is 14.4 Å². The van der Waals surface area contributed by atoms with Crippen LogP contribution < -0.4 is 25.5 Å². The first-order valence-corrected chi connectivity index (χ1v) is 13.5. The van der Waals surface area contributed by atoms with E-state index in [0.717, 1.165) is 21.2 Å². The van der Waals surface area contributed by atoms with E-state index in [1.807, 2.05) is 58.0 Å². The molecule has 3 rings (SSSR count). The molecule has 11 heteroatoms. The minimum Gasteiger partial charge on any atom is -0.490 e. The first-order chi connectivity index (χ1) is 18.6. The lowest BCUT2D eigenvalue weighted by atomic mass is 10.1. The van der Waals surface area contributed by atoms with E-state index in [4.69, 9.17) is 9.47 Å². The number of nitrogens with one attached hydrogen (secondary N) is 3. The van der Waals surface area contributed by atoms with Crippen LogP contribution in [-0.4, -0.2) is 37.1 Å². The molecular weight excluding hydrogens is 632 g/mol. The lowest BCUT2D eigenvalue weighted by molar-refractivity contribution is -0.136. The molecule has 0 unspecified atom stereocenters. The average Bonchev–Trinajstić information content (AvgIpc) is 2.88. The number of hydrogen-bond donors (Lipinski definition) is 3. The Morgan fingerprint density at radius 2 is 1.59 bits per heavy atom. The number of carbonyl (C=O) groups is 3. The lowest BCUT2D eigenvalue weighted by Crippen LogP contribution is -2.32. The fourth-order valence-electron chi connectivity index (χ4n) is 3.52. The topological polar surface area (TPSA) is 118 Å². The number of rotatable bonds is 9. The van der Waals surface area contributed by atoms with Crippen LogP contribution in [0.4, 0.5) is 11.4 Å². The summed E-state index contributed by atoms with van der Waals surface area (Å²) in [6.45, 7) is 7.54. The third-order valence-corrected chi connectivity index (χ3v) is 6.91. The second-order valence-corrected chi connectivity index (χ2v) is 10.2. The summed E-state index contributed by atoms with van der Waals surface area (Å²) in [5.41, 5.74) is 6.70. The molecular formula is C28H28Br2N4O5. The van der Waals surface area contributed by atoms with E-state index in [9.17, 15) is 14.4 Å². The Balaban J connectivity index is 1.63. The summed E-state index contributed by atoms with van der Waals surface area (Å²) >= 11 is 6.88. The number of para-hydroxylation sites is 1. The van der Waals surface area contributed by atoms with Crippen LogP contribution in [0.25, 0.3) is 0 Å². The monoisotopic (exact) mass is 658 g/mol. The molecule has 3 aromatic rings. The van der Waals surface area contributed by atoms with E-state index < -0.39 is 11.8 Å². The molecule has 0 radical (unpaired) electrons. The van der Waals surface area contributed by atoms with Crippen molar-refractivity contribution in [2.24, 2.45) is 5.10 Å². The minimum absolute atomic E-state index is 0.243. The number of carbonyl (C=O) groups excluding carboxylic acids is 3. The molecule has 204 valence electrons. The number of nitrogens with zero attached hydrogens (tertiary/aromatic N) is 1. The van der Waals surface area contributed by atoms with E-state index in [-0.39, 0.29) is 12.5 Å². The summed E-state index contributed by atoms with van der Waals surface area (Å²) in [5, 5.41) is 9.29. The molecule has 0 spiro atoms. The summed E-state index contributed by atoms with van der Waals surface area (Å²) in [5.74, 6) is -1.36. The van der Waals surface area contributed by atoms with Crippen LogP contribution in [0, 0.1) is 20.8 Å². The SMILES string of the molecule is CCOc1cc(/C=N\NC(=O)C(=O)Nc2c(C)cccc2C)cc(Br)c1OCC(=O)Nc1ccc(Br)c(C)c1. The molecule has 39 heavy (non-hydrogen) atoms. The molecule has 3 N–H and O–H groups in total. The van der Waals surface area contributed by atoms with Crippen molar-refractivity contribution in [3.8, 4) is 11.5 Å². The summed E-state index contributed by atoms with van der Waals surface area (Å²) in [6.07, 6.45) is 1.36. The number of aryl methyl sites for hydroxylation is 3. The third-order valence-electron chi connectivity index (χ3n) is 5.43. The highest BCUT2D eigenvalue weighted by Crippen LogP contribution is 2.36. The zero-order valence-corrected chi connectivity index (χ0v) is 25.0. The highest BCUT2D eigenvalue weighted by molar-refractivity contribution is 9.10. The maximum atomic E-state index is 12.4. The van der Waals surface area contributed by atoms with Crippen molar-refractivity contribution in [1.82, 2.24) is 5.43 Å². The van der Waals surface area contributed by atoms with Gasteiger partial charge in [-0.15, -0.1) is 0 Å². The number of ether oxygens (including phenoxy) is 2. The van der Waals surface area contributed by atoms with E-state index in [1.54, 1.807) is 18.2 Å². The summed E-state index contributed by atoms with van der Waals surface area (Å²) in [7, 11) is 0. The quantitative estimate of drug-likeness (QED) is 0.156. The molecule has 0 aliphatic rings. The van der Waals surface area contributed by atoms with Gasteiger partial charge in [-0.05, 0) is 96.2 Å². The number of halogens is 2. The normalized spacial score (nSPS) is 10.7. The largest absolute Gasteiger partial charge is 0.490 e. The van der Waals surface area contributed by atoms with Crippen molar-refractivity contribution in [3.05, 3.63) is 79.7 Å². The second-order valence-electron chi connectivity index (χ2n) is 8.48. The molecule has 0 fully saturated rings. The molecule has 0 heterocycles. The standard InChI is InChI=1S/C28H28Br2N4O5/c1-5-38-23-13-19(14-31-34-28(37)27(36)33-25-16(2)7-6-8-17(25)3)12-22(30)26(23)39-15-24(35)32-20-9-10-21(29)18(4)11-20/h6-14H,5,15H2,1-4H3,(H,32,35)(H,33,36)(H,34,37)/b31-14-. The van der Waals surface area contributed by atoms with Crippen molar-refractivity contribution >= 4 is 67.2 Å². The fourth-order valence-corrected chi connectivity index (χ4v) is 4.34. The third kappa shape index (κ3) is 8.39. The van der Waals surface area contributed by atoms with Crippen LogP contribution in [0.5, 0.6) is 11.5 Å². The molecule has 0 saturated carbocycles. The van der Waals surface area contributed by atoms with E-state index in [1.165, 1.54) is 6.21 Å². The van der Waals surface area contributed by atoms with Gasteiger partial charge in [0.2, 0.25) is 0 Å². The molecule has 0 atom stereocenters. The molecule has 0 aliphatic heterocycles. The molecule has 3 aromatic carbocycles. The van der Waals surface area contributed by atoms with Gasteiger partial charge in [0.1, 0.15) is 0 Å². The molecule has 0 bridgehead atoms. The van der Waals surface area contributed by atoms with Crippen LogP contribution >= 0.6 is 31.9 Å². The first kappa shape index (κ1) is 29.9. The highest BCUT2D eigenvalue weighted by atomic mass is 79.9. The smallest absolute Gasteiger partial charge is 0.329 e. The van der Waals surface area contributed by atoms with Gasteiger partial charge in [-0.1, -0.05) is 34.1 Å². The fraction of sp³-hybridized carbons (Fsp3) is 0.214. The Kier molecular flexibility index (Phi) is 10.6. The Bertz CT molecular complexity index is 1410. The summed E-state index contributed by atoms with van der Waals surface area (Å²) < 4.78 is 12.9. The number of hydrazone groups is 1. The molecule has 9 nitrogen and oxygen atoms in total.